The molecule has 0 amide bonds. The molecule has 0 radical (unpaired) electrons. The molecule has 1 heterocycles. The fourth-order valence-corrected chi connectivity index (χ4v) is 1.98. The SMILES string of the molecule is Nc1nc(C2(C(F)(F)F)CC2)cs1. The Balaban J connectivity index is 2.36. The Kier molecular flexibility index (Phi) is 1.61. The van der Waals surface area contributed by atoms with Gasteiger partial charge in [0.15, 0.2) is 5.13 Å². The molecular weight excluding hydrogens is 201 g/mol. The van der Waals surface area contributed by atoms with E-state index in [4.69, 9.17) is 5.73 Å². The second-order valence-corrected chi connectivity index (χ2v) is 4.04. The van der Waals surface area contributed by atoms with Crippen LogP contribution in [0.2, 0.25) is 0 Å². The molecule has 2 rings (SSSR count). The van der Waals surface area contributed by atoms with Gasteiger partial charge in [0.25, 0.3) is 0 Å². The minimum absolute atomic E-state index is 0.0856. The Morgan fingerprint density at radius 1 is 1.46 bits per heavy atom. The predicted octanol–water partition coefficient (Wildman–Crippen LogP) is 2.32. The highest BCUT2D eigenvalue weighted by Gasteiger charge is 2.65. The molecule has 13 heavy (non-hydrogen) atoms. The van der Waals surface area contributed by atoms with Crippen molar-refractivity contribution in [3.63, 3.8) is 0 Å². The number of alkyl halides is 3. The van der Waals surface area contributed by atoms with Crippen LogP contribution in [0.1, 0.15) is 18.5 Å². The Bertz CT molecular complexity index is 327. The molecule has 0 aromatic carbocycles. The van der Waals surface area contributed by atoms with Gasteiger partial charge < -0.3 is 5.73 Å². The maximum absolute atomic E-state index is 12.5. The minimum atomic E-state index is -4.19. The van der Waals surface area contributed by atoms with Crippen molar-refractivity contribution < 1.29 is 13.2 Å². The van der Waals surface area contributed by atoms with Gasteiger partial charge in [-0.15, -0.1) is 11.3 Å². The Labute approximate surface area is 76.6 Å². The largest absolute Gasteiger partial charge is 0.399 e. The van der Waals surface area contributed by atoms with Gasteiger partial charge in [0.2, 0.25) is 0 Å². The van der Waals surface area contributed by atoms with Crippen LogP contribution in [0.3, 0.4) is 0 Å². The van der Waals surface area contributed by atoms with Gasteiger partial charge in [0.1, 0.15) is 5.41 Å². The highest BCUT2D eigenvalue weighted by atomic mass is 32.1. The average Bonchev–Trinajstić information content (AvgIpc) is 2.70. The number of nitrogens with two attached hydrogens (primary N) is 1. The van der Waals surface area contributed by atoms with E-state index in [0.29, 0.717) is 0 Å². The molecule has 0 aliphatic heterocycles. The van der Waals surface area contributed by atoms with Gasteiger partial charge in [-0.1, -0.05) is 0 Å². The number of hydrogen-bond donors (Lipinski definition) is 1. The van der Waals surface area contributed by atoms with Crippen molar-refractivity contribution in [1.82, 2.24) is 4.98 Å². The van der Waals surface area contributed by atoms with E-state index in [0.717, 1.165) is 11.3 Å². The summed E-state index contributed by atoms with van der Waals surface area (Å²) in [5.41, 5.74) is 3.69. The average molecular weight is 208 g/mol. The van der Waals surface area contributed by atoms with E-state index in [1.807, 2.05) is 0 Å². The molecule has 6 heteroatoms. The Morgan fingerprint density at radius 3 is 2.38 bits per heavy atom. The quantitative estimate of drug-likeness (QED) is 0.769. The van der Waals surface area contributed by atoms with Gasteiger partial charge in [-0.3, -0.25) is 0 Å². The van der Waals surface area contributed by atoms with E-state index in [-0.39, 0.29) is 23.7 Å². The van der Waals surface area contributed by atoms with E-state index < -0.39 is 11.6 Å². The zero-order valence-corrected chi connectivity index (χ0v) is 7.37. The van der Waals surface area contributed by atoms with E-state index in [1.54, 1.807) is 0 Å². The summed E-state index contributed by atoms with van der Waals surface area (Å²) in [6.45, 7) is 0. The third kappa shape index (κ3) is 1.20. The number of hydrogen-bond acceptors (Lipinski definition) is 3. The van der Waals surface area contributed by atoms with Crippen LogP contribution in [0.25, 0.3) is 0 Å². The van der Waals surface area contributed by atoms with Crippen molar-refractivity contribution in [2.45, 2.75) is 24.4 Å². The van der Waals surface area contributed by atoms with Gasteiger partial charge in [-0.05, 0) is 12.8 Å². The summed E-state index contributed by atoms with van der Waals surface area (Å²) in [4.78, 5) is 3.69. The van der Waals surface area contributed by atoms with Crippen molar-refractivity contribution in [2.75, 3.05) is 5.73 Å². The summed E-state index contributed by atoms with van der Waals surface area (Å²) in [5.74, 6) is 0. The lowest BCUT2D eigenvalue weighted by Gasteiger charge is -2.16. The minimum Gasteiger partial charge on any atom is -0.375 e. The van der Waals surface area contributed by atoms with Crippen LogP contribution in [0.15, 0.2) is 5.38 Å². The molecule has 1 saturated carbocycles. The van der Waals surface area contributed by atoms with E-state index in [1.165, 1.54) is 5.38 Å². The number of halogens is 3. The third-order valence-electron chi connectivity index (χ3n) is 2.30. The summed E-state index contributed by atoms with van der Waals surface area (Å²) >= 11 is 1.05. The summed E-state index contributed by atoms with van der Waals surface area (Å²) in [5, 5.41) is 1.60. The lowest BCUT2D eigenvalue weighted by atomic mass is 10.0. The standard InChI is InChI=1S/C7H7F3N2S/c8-7(9,10)6(1-2-6)4-3-13-5(11)12-4/h3H,1-2H2,(H2,11,12). The molecule has 1 aromatic rings. The smallest absolute Gasteiger partial charge is 0.375 e. The molecule has 2 N–H and O–H groups in total. The first-order valence-corrected chi connectivity index (χ1v) is 4.62. The lowest BCUT2D eigenvalue weighted by Crippen LogP contribution is -2.28. The third-order valence-corrected chi connectivity index (χ3v) is 2.98. The van der Waals surface area contributed by atoms with Crippen molar-refractivity contribution >= 4 is 16.5 Å². The molecule has 0 unspecified atom stereocenters. The van der Waals surface area contributed by atoms with Gasteiger partial charge in [-0.25, -0.2) is 4.98 Å². The zero-order chi connectivity index (χ0) is 9.69. The van der Waals surface area contributed by atoms with Gasteiger partial charge >= 0.3 is 6.18 Å². The predicted molar refractivity (Wildman–Crippen MR) is 43.5 cm³/mol. The molecule has 1 aliphatic rings. The normalized spacial score (nSPS) is 20.2. The highest BCUT2D eigenvalue weighted by Crippen LogP contribution is 2.58. The molecule has 1 aromatic heterocycles. The van der Waals surface area contributed by atoms with Crippen molar-refractivity contribution in [3.05, 3.63) is 11.1 Å². The van der Waals surface area contributed by atoms with Crippen LogP contribution in [0, 0.1) is 0 Å². The lowest BCUT2D eigenvalue weighted by molar-refractivity contribution is -0.161. The molecule has 1 fully saturated rings. The monoisotopic (exact) mass is 208 g/mol. The van der Waals surface area contributed by atoms with Crippen LogP contribution in [-0.4, -0.2) is 11.2 Å². The number of anilines is 1. The first-order valence-electron chi connectivity index (χ1n) is 3.74. The van der Waals surface area contributed by atoms with Gasteiger partial charge in [-0.2, -0.15) is 13.2 Å². The first-order chi connectivity index (χ1) is 5.96. The van der Waals surface area contributed by atoms with Crippen molar-refractivity contribution in [2.24, 2.45) is 0 Å². The second kappa shape index (κ2) is 2.37. The number of nitrogen functional groups attached to an aromatic ring is 1. The molecule has 0 bridgehead atoms. The Morgan fingerprint density at radius 2 is 2.08 bits per heavy atom. The number of rotatable bonds is 1. The van der Waals surface area contributed by atoms with E-state index in [9.17, 15) is 13.2 Å². The van der Waals surface area contributed by atoms with Crippen LogP contribution < -0.4 is 5.73 Å². The molecule has 2 nitrogen and oxygen atoms in total. The van der Waals surface area contributed by atoms with Crippen LogP contribution in [0.5, 0.6) is 0 Å². The second-order valence-electron chi connectivity index (χ2n) is 3.15. The topological polar surface area (TPSA) is 38.9 Å². The molecular formula is C7H7F3N2S. The van der Waals surface area contributed by atoms with Crippen molar-refractivity contribution in [1.29, 1.82) is 0 Å². The summed E-state index contributed by atoms with van der Waals surface area (Å²) in [7, 11) is 0. The van der Waals surface area contributed by atoms with Gasteiger partial charge in [0.05, 0.1) is 5.69 Å². The Hall–Kier alpha value is -0.780. The molecule has 1 aliphatic carbocycles. The number of aromatic nitrogens is 1. The molecule has 0 atom stereocenters. The number of nitrogens with zero attached hydrogens (tertiary/aromatic N) is 1. The van der Waals surface area contributed by atoms with Crippen LogP contribution in [0.4, 0.5) is 18.3 Å². The first kappa shape index (κ1) is 8.80. The van der Waals surface area contributed by atoms with Crippen LogP contribution >= 0.6 is 11.3 Å². The summed E-state index contributed by atoms with van der Waals surface area (Å²) in [6, 6.07) is 0. The molecule has 0 spiro atoms. The fraction of sp³-hybridized carbons (Fsp3) is 0.571. The summed E-state index contributed by atoms with van der Waals surface area (Å²) in [6.07, 6.45) is -3.91. The van der Waals surface area contributed by atoms with E-state index in [2.05, 4.69) is 4.98 Å². The zero-order valence-electron chi connectivity index (χ0n) is 6.56. The number of thiazole rings is 1. The maximum atomic E-state index is 12.5. The highest BCUT2D eigenvalue weighted by molar-refractivity contribution is 7.13. The van der Waals surface area contributed by atoms with Gasteiger partial charge in [0, 0.05) is 5.38 Å². The van der Waals surface area contributed by atoms with E-state index >= 15 is 0 Å². The fourth-order valence-electron chi connectivity index (χ4n) is 1.32. The summed E-state index contributed by atoms with van der Waals surface area (Å²) < 4.78 is 37.5. The maximum Gasteiger partial charge on any atom is 0.399 e. The van der Waals surface area contributed by atoms with Crippen molar-refractivity contribution in [3.8, 4) is 0 Å². The molecule has 0 saturated heterocycles. The van der Waals surface area contributed by atoms with Crippen LogP contribution in [-0.2, 0) is 5.41 Å². The molecule has 72 valence electrons.